The number of anilines is 2. The number of benzene rings is 2. The first-order chi connectivity index (χ1) is 15.1. The highest BCUT2D eigenvalue weighted by molar-refractivity contribution is 6.33. The Labute approximate surface area is 187 Å². The molecule has 0 aromatic heterocycles. The molecule has 2 aromatic carbocycles. The van der Waals surface area contributed by atoms with Crippen molar-refractivity contribution in [2.75, 3.05) is 29.9 Å². The van der Waals surface area contributed by atoms with E-state index >= 15 is 0 Å². The molecule has 32 heavy (non-hydrogen) atoms. The molecule has 172 valence electrons. The summed E-state index contributed by atoms with van der Waals surface area (Å²) in [6.45, 7) is 1.19. The Bertz CT molecular complexity index is 1040. The second-order valence-electron chi connectivity index (χ2n) is 8.25. The first kappa shape index (κ1) is 22.7. The number of piperidine rings is 1. The van der Waals surface area contributed by atoms with E-state index in [0.717, 1.165) is 12.1 Å². The van der Waals surface area contributed by atoms with Gasteiger partial charge in [-0.2, -0.15) is 13.2 Å². The van der Waals surface area contributed by atoms with Crippen LogP contribution in [0.2, 0.25) is 5.02 Å². The third-order valence-corrected chi connectivity index (χ3v) is 6.28. The summed E-state index contributed by atoms with van der Waals surface area (Å²) in [5, 5.41) is 2.59. The number of carbonyl (C=O) groups excluding carboxylic acids is 1. The monoisotopic (exact) mass is 471 g/mol. The normalized spacial score (nSPS) is 18.2. The lowest BCUT2D eigenvalue weighted by atomic mass is 9.89. The van der Waals surface area contributed by atoms with E-state index in [9.17, 15) is 22.4 Å². The molecule has 0 unspecified atom stereocenters. The molecule has 3 N–H and O–H groups in total. The van der Waals surface area contributed by atoms with Crippen molar-refractivity contribution in [3.05, 3.63) is 52.3 Å². The van der Waals surface area contributed by atoms with Crippen molar-refractivity contribution in [2.24, 2.45) is 5.73 Å². The maximum Gasteiger partial charge on any atom is 0.416 e. The highest BCUT2D eigenvalue weighted by Gasteiger charge is 2.34. The molecule has 2 heterocycles. The lowest BCUT2D eigenvalue weighted by Crippen LogP contribution is -2.54. The maximum atomic E-state index is 14.0. The maximum absolute atomic E-state index is 14.0. The molecule has 2 aromatic rings. The average molecular weight is 472 g/mol. The number of nitrogens with two attached hydrogens (primary N) is 1. The van der Waals surface area contributed by atoms with Crippen molar-refractivity contribution in [1.82, 2.24) is 0 Å². The van der Waals surface area contributed by atoms with Crippen molar-refractivity contribution in [1.29, 1.82) is 0 Å². The Morgan fingerprint density at radius 2 is 1.88 bits per heavy atom. The fourth-order valence-electron chi connectivity index (χ4n) is 4.06. The highest BCUT2D eigenvalue weighted by Crippen LogP contribution is 2.37. The Kier molecular flexibility index (Phi) is 5.98. The van der Waals surface area contributed by atoms with Gasteiger partial charge in [0.2, 0.25) is 5.91 Å². The van der Waals surface area contributed by atoms with Crippen LogP contribution >= 0.6 is 11.6 Å². The molecule has 2 aliphatic rings. The first-order valence-electron chi connectivity index (χ1n) is 10.2. The molecule has 0 radical (unpaired) electrons. The predicted molar refractivity (Wildman–Crippen MR) is 114 cm³/mol. The van der Waals surface area contributed by atoms with Gasteiger partial charge in [-0.05, 0) is 49.6 Å². The first-order valence-corrected chi connectivity index (χ1v) is 10.6. The quantitative estimate of drug-likeness (QED) is 0.631. The van der Waals surface area contributed by atoms with Crippen LogP contribution in [0.1, 0.15) is 30.4 Å². The Hall–Kier alpha value is -2.52. The van der Waals surface area contributed by atoms with Gasteiger partial charge in [0.25, 0.3) is 0 Å². The van der Waals surface area contributed by atoms with E-state index in [0.29, 0.717) is 49.4 Å². The number of hydrogen-bond acceptors (Lipinski definition) is 4. The molecule has 1 saturated heterocycles. The summed E-state index contributed by atoms with van der Waals surface area (Å²) in [7, 11) is 0. The third-order valence-electron chi connectivity index (χ3n) is 5.98. The van der Waals surface area contributed by atoms with Crippen LogP contribution in [0.4, 0.5) is 28.9 Å². The van der Waals surface area contributed by atoms with E-state index in [1.54, 1.807) is 0 Å². The number of nitrogens with zero attached hydrogens (tertiary/aromatic N) is 1. The van der Waals surface area contributed by atoms with Gasteiger partial charge in [0.05, 0.1) is 27.5 Å². The van der Waals surface area contributed by atoms with Gasteiger partial charge >= 0.3 is 6.18 Å². The van der Waals surface area contributed by atoms with Gasteiger partial charge in [0, 0.05) is 25.1 Å². The number of carbonyl (C=O) groups is 1. The lowest BCUT2D eigenvalue weighted by Gasteiger charge is -2.40. The zero-order valence-electron chi connectivity index (χ0n) is 17.1. The summed E-state index contributed by atoms with van der Waals surface area (Å²) in [5.41, 5.74) is 6.37. The zero-order valence-corrected chi connectivity index (χ0v) is 17.8. The zero-order chi connectivity index (χ0) is 23.1. The van der Waals surface area contributed by atoms with Gasteiger partial charge in [0.1, 0.15) is 18.2 Å². The average Bonchev–Trinajstić information content (AvgIpc) is 2.74. The molecule has 2 aliphatic heterocycles. The molecule has 1 amide bonds. The van der Waals surface area contributed by atoms with E-state index < -0.39 is 23.1 Å². The van der Waals surface area contributed by atoms with E-state index in [1.807, 2.05) is 4.90 Å². The van der Waals surface area contributed by atoms with Gasteiger partial charge in [-0.25, -0.2) is 4.39 Å². The number of fused-ring (bicyclic) bond motifs is 1. The van der Waals surface area contributed by atoms with E-state index in [-0.39, 0.29) is 29.6 Å². The van der Waals surface area contributed by atoms with Crippen molar-refractivity contribution in [3.63, 3.8) is 0 Å². The Morgan fingerprint density at radius 3 is 2.53 bits per heavy atom. The molecule has 0 atom stereocenters. The van der Waals surface area contributed by atoms with Gasteiger partial charge in [-0.15, -0.1) is 0 Å². The van der Waals surface area contributed by atoms with Crippen LogP contribution in [-0.2, 0) is 17.4 Å². The molecule has 1 fully saturated rings. The van der Waals surface area contributed by atoms with Crippen molar-refractivity contribution in [2.45, 2.75) is 37.4 Å². The minimum absolute atomic E-state index is 0.0422. The molecular weight excluding hydrogens is 450 g/mol. The molecule has 10 heteroatoms. The molecule has 0 aliphatic carbocycles. The largest absolute Gasteiger partial charge is 0.491 e. The number of amides is 1. The molecular formula is C22H22ClF4N3O2. The fraction of sp³-hybridized carbons (Fsp3) is 0.409. The van der Waals surface area contributed by atoms with E-state index in [2.05, 4.69) is 5.32 Å². The van der Waals surface area contributed by atoms with Gasteiger partial charge in [0.15, 0.2) is 0 Å². The van der Waals surface area contributed by atoms with Crippen LogP contribution < -0.4 is 20.7 Å². The van der Waals surface area contributed by atoms with Crippen LogP contribution in [-0.4, -0.2) is 31.1 Å². The smallest absolute Gasteiger partial charge is 0.416 e. The SMILES string of the molecule is NC1(COc2ccc(F)c3c2CCC(=O)N3)CCN(c2ccc(C(F)(F)F)cc2Cl)CC1. The summed E-state index contributed by atoms with van der Waals surface area (Å²) in [4.78, 5) is 13.5. The second-order valence-corrected chi connectivity index (χ2v) is 8.66. The minimum Gasteiger partial charge on any atom is -0.491 e. The van der Waals surface area contributed by atoms with E-state index in [1.165, 1.54) is 18.2 Å². The number of alkyl halides is 3. The molecule has 0 spiro atoms. The van der Waals surface area contributed by atoms with Crippen LogP contribution in [0.5, 0.6) is 5.75 Å². The van der Waals surface area contributed by atoms with Crippen LogP contribution in [0.3, 0.4) is 0 Å². The Morgan fingerprint density at radius 1 is 1.16 bits per heavy atom. The van der Waals surface area contributed by atoms with Crippen LogP contribution in [0.15, 0.2) is 30.3 Å². The predicted octanol–water partition coefficient (Wildman–Crippen LogP) is 4.76. The van der Waals surface area contributed by atoms with Crippen LogP contribution in [0, 0.1) is 5.82 Å². The van der Waals surface area contributed by atoms with Gasteiger partial charge < -0.3 is 20.7 Å². The Balaban J connectivity index is 1.40. The summed E-state index contributed by atoms with van der Waals surface area (Å²) in [6, 6.07) is 6.11. The summed E-state index contributed by atoms with van der Waals surface area (Å²) in [6.07, 6.45) is -2.75. The molecule has 4 rings (SSSR count). The molecule has 0 saturated carbocycles. The van der Waals surface area contributed by atoms with Crippen molar-refractivity contribution < 1.29 is 27.1 Å². The summed E-state index contributed by atoms with van der Waals surface area (Å²) < 4.78 is 58.6. The fourth-order valence-corrected chi connectivity index (χ4v) is 4.36. The highest BCUT2D eigenvalue weighted by atomic mass is 35.5. The summed E-state index contributed by atoms with van der Waals surface area (Å²) >= 11 is 6.11. The number of nitrogens with one attached hydrogen (secondary N) is 1. The van der Waals surface area contributed by atoms with Crippen molar-refractivity contribution >= 4 is 28.9 Å². The van der Waals surface area contributed by atoms with Gasteiger partial charge in [-0.3, -0.25) is 4.79 Å². The van der Waals surface area contributed by atoms with Crippen LogP contribution in [0.25, 0.3) is 0 Å². The standard InChI is InChI=1S/C22H22ClF4N3O2/c23-15-11-13(22(25,26)27)1-4-17(15)30-9-7-21(28,8-10-30)12-32-18-5-3-16(24)20-14(18)2-6-19(31)29-20/h1,3-5,11H,2,6-10,12,28H2,(H,29,31). The van der Waals surface area contributed by atoms with E-state index in [4.69, 9.17) is 22.1 Å². The topological polar surface area (TPSA) is 67.6 Å². The number of ether oxygens (including phenoxy) is 1. The number of rotatable bonds is 4. The third kappa shape index (κ3) is 4.63. The second kappa shape index (κ2) is 8.44. The minimum atomic E-state index is -4.45. The molecule has 5 nitrogen and oxygen atoms in total. The number of halogens is 5. The number of hydrogen-bond donors (Lipinski definition) is 2. The lowest BCUT2D eigenvalue weighted by molar-refractivity contribution is -0.137. The summed E-state index contributed by atoms with van der Waals surface area (Å²) in [5.74, 6) is -0.262. The van der Waals surface area contributed by atoms with Crippen molar-refractivity contribution in [3.8, 4) is 5.75 Å². The molecule has 0 bridgehead atoms. The van der Waals surface area contributed by atoms with Gasteiger partial charge in [-0.1, -0.05) is 11.6 Å².